The van der Waals surface area contributed by atoms with Crippen molar-refractivity contribution in [3.8, 4) is 11.3 Å². The van der Waals surface area contributed by atoms with Gasteiger partial charge in [0.2, 0.25) is 10.0 Å². The Kier molecular flexibility index (Phi) is 7.64. The molecule has 0 saturated carbocycles. The van der Waals surface area contributed by atoms with E-state index in [1.165, 1.54) is 37.4 Å². The molecule has 5 aromatic rings. The van der Waals surface area contributed by atoms with Crippen molar-refractivity contribution in [2.24, 2.45) is 5.73 Å². The van der Waals surface area contributed by atoms with Crippen LogP contribution in [0.25, 0.3) is 33.2 Å². The molecule has 1 aliphatic rings. The van der Waals surface area contributed by atoms with Crippen LogP contribution in [0.3, 0.4) is 0 Å². The van der Waals surface area contributed by atoms with Gasteiger partial charge in [-0.15, -0.1) is 0 Å². The Morgan fingerprint density at radius 2 is 1.80 bits per heavy atom. The molecule has 1 aliphatic heterocycles. The highest BCUT2D eigenvalue weighted by Gasteiger charge is 2.32. The van der Waals surface area contributed by atoms with Crippen molar-refractivity contribution in [1.29, 1.82) is 0 Å². The van der Waals surface area contributed by atoms with E-state index in [-0.39, 0.29) is 35.3 Å². The molecule has 2 aromatic heterocycles. The first kappa shape index (κ1) is 30.3. The minimum Gasteiger partial charge on any atom is -0.455 e. The summed E-state index contributed by atoms with van der Waals surface area (Å²) in [5, 5.41) is 0.752. The second-order valence-electron chi connectivity index (χ2n) is 11.4. The number of aromatic nitrogens is 1. The standard InChI is InChI=1S/C33H32F2N4O5S/c1-4-39-26-9-5-8-25(35)23(26)16-28(39)33(41)38-14-6-7-20(18-38)22-15-24-29(17-27(22)37(2)45(3,42)43)44-31(30(24)32(36)40)19-10-12-21(34)13-11-19/h5,8-13,15-17,20H,4,6-7,14,18H2,1-3H3,(H2,36,40)/t20-/m1/s1. The zero-order valence-electron chi connectivity index (χ0n) is 25.0. The fourth-order valence-electron chi connectivity index (χ4n) is 6.32. The lowest BCUT2D eigenvalue weighted by Gasteiger charge is -2.35. The summed E-state index contributed by atoms with van der Waals surface area (Å²) < 4.78 is 62.8. The first-order valence-electron chi connectivity index (χ1n) is 14.6. The smallest absolute Gasteiger partial charge is 0.270 e. The summed E-state index contributed by atoms with van der Waals surface area (Å²) in [5.41, 5.74) is 8.51. The van der Waals surface area contributed by atoms with Gasteiger partial charge in [0.05, 0.1) is 23.0 Å². The molecule has 0 radical (unpaired) electrons. The Balaban J connectivity index is 1.46. The summed E-state index contributed by atoms with van der Waals surface area (Å²) in [7, 11) is -2.29. The van der Waals surface area contributed by atoms with Crippen LogP contribution in [-0.4, -0.2) is 56.1 Å². The molecule has 45 heavy (non-hydrogen) atoms. The van der Waals surface area contributed by atoms with E-state index in [0.29, 0.717) is 64.7 Å². The predicted octanol–water partition coefficient (Wildman–Crippen LogP) is 5.87. The highest BCUT2D eigenvalue weighted by atomic mass is 32.2. The van der Waals surface area contributed by atoms with Crippen molar-refractivity contribution in [3.05, 3.63) is 89.1 Å². The third kappa shape index (κ3) is 5.33. The van der Waals surface area contributed by atoms with Gasteiger partial charge < -0.3 is 19.6 Å². The van der Waals surface area contributed by atoms with E-state index in [1.807, 2.05) is 6.92 Å². The van der Waals surface area contributed by atoms with Crippen LogP contribution >= 0.6 is 0 Å². The van der Waals surface area contributed by atoms with E-state index in [4.69, 9.17) is 10.2 Å². The molecule has 0 unspecified atom stereocenters. The zero-order valence-corrected chi connectivity index (χ0v) is 25.8. The molecule has 0 spiro atoms. The third-order valence-electron chi connectivity index (χ3n) is 8.60. The third-order valence-corrected chi connectivity index (χ3v) is 9.79. The minimum atomic E-state index is -3.72. The number of furan rings is 1. The number of anilines is 1. The molecule has 0 aliphatic carbocycles. The molecule has 3 heterocycles. The first-order valence-corrected chi connectivity index (χ1v) is 16.4. The molecule has 2 amide bonds. The Bertz CT molecular complexity index is 2090. The fraction of sp³-hybridized carbons (Fsp3) is 0.273. The molecule has 1 saturated heterocycles. The highest BCUT2D eigenvalue weighted by molar-refractivity contribution is 7.92. The minimum absolute atomic E-state index is 0.0876. The van der Waals surface area contributed by atoms with Gasteiger partial charge in [-0.2, -0.15) is 0 Å². The van der Waals surface area contributed by atoms with E-state index >= 15 is 0 Å². The van der Waals surface area contributed by atoms with Gasteiger partial charge in [0.1, 0.15) is 28.7 Å². The summed E-state index contributed by atoms with van der Waals surface area (Å²) in [6.07, 6.45) is 2.35. The summed E-state index contributed by atoms with van der Waals surface area (Å²) in [4.78, 5) is 28.4. The second kappa shape index (κ2) is 11.3. The number of halogens is 2. The average molecular weight is 635 g/mol. The van der Waals surface area contributed by atoms with E-state index < -0.39 is 27.6 Å². The Morgan fingerprint density at radius 3 is 2.47 bits per heavy atom. The van der Waals surface area contributed by atoms with Crippen LogP contribution < -0.4 is 10.0 Å². The summed E-state index contributed by atoms with van der Waals surface area (Å²) in [5.74, 6) is -2.05. The van der Waals surface area contributed by atoms with Gasteiger partial charge in [0.25, 0.3) is 11.8 Å². The van der Waals surface area contributed by atoms with Crippen molar-refractivity contribution in [2.75, 3.05) is 30.7 Å². The first-order chi connectivity index (χ1) is 21.4. The van der Waals surface area contributed by atoms with Crippen molar-refractivity contribution in [3.63, 3.8) is 0 Å². The van der Waals surface area contributed by atoms with Crippen LogP contribution in [0, 0.1) is 11.6 Å². The number of fused-ring (bicyclic) bond motifs is 2. The number of rotatable bonds is 7. The predicted molar refractivity (Wildman–Crippen MR) is 169 cm³/mol. The van der Waals surface area contributed by atoms with E-state index in [0.717, 1.165) is 10.6 Å². The topological polar surface area (TPSA) is 119 Å². The molecule has 1 atom stereocenters. The van der Waals surface area contributed by atoms with Crippen molar-refractivity contribution in [2.45, 2.75) is 32.2 Å². The second-order valence-corrected chi connectivity index (χ2v) is 13.4. The molecule has 2 N–H and O–H groups in total. The normalized spacial score (nSPS) is 15.6. The van der Waals surface area contributed by atoms with Gasteiger partial charge in [-0.3, -0.25) is 13.9 Å². The maximum atomic E-state index is 14.6. The molecule has 12 heteroatoms. The molecule has 1 fully saturated rings. The van der Waals surface area contributed by atoms with Gasteiger partial charge >= 0.3 is 0 Å². The Labute approximate surface area is 258 Å². The summed E-state index contributed by atoms with van der Waals surface area (Å²) in [6.45, 7) is 3.09. The van der Waals surface area contributed by atoms with Gasteiger partial charge in [-0.05, 0) is 73.9 Å². The monoisotopic (exact) mass is 634 g/mol. The zero-order chi connectivity index (χ0) is 32.2. The van der Waals surface area contributed by atoms with Gasteiger partial charge in [-0.1, -0.05) is 6.07 Å². The lowest BCUT2D eigenvalue weighted by molar-refractivity contribution is 0.0696. The van der Waals surface area contributed by atoms with Gasteiger partial charge in [-0.25, -0.2) is 17.2 Å². The molecule has 3 aromatic carbocycles. The maximum Gasteiger partial charge on any atom is 0.270 e. The summed E-state index contributed by atoms with van der Waals surface area (Å²) in [6, 6.07) is 15.0. The number of hydrogen-bond donors (Lipinski definition) is 1. The fourth-order valence-corrected chi connectivity index (χ4v) is 6.84. The highest BCUT2D eigenvalue weighted by Crippen LogP contribution is 2.42. The van der Waals surface area contributed by atoms with Crippen LogP contribution in [0.2, 0.25) is 0 Å². The van der Waals surface area contributed by atoms with Crippen molar-refractivity contribution in [1.82, 2.24) is 9.47 Å². The Morgan fingerprint density at radius 1 is 1.07 bits per heavy atom. The summed E-state index contributed by atoms with van der Waals surface area (Å²) >= 11 is 0. The lowest BCUT2D eigenvalue weighted by atomic mass is 9.88. The number of amides is 2. The average Bonchev–Trinajstić information content (AvgIpc) is 3.59. The van der Waals surface area contributed by atoms with Crippen molar-refractivity contribution >= 4 is 49.4 Å². The van der Waals surface area contributed by atoms with E-state index in [2.05, 4.69) is 0 Å². The van der Waals surface area contributed by atoms with Crippen LogP contribution in [0.4, 0.5) is 14.5 Å². The largest absolute Gasteiger partial charge is 0.455 e. The number of carbonyl (C=O) groups is 2. The maximum absolute atomic E-state index is 14.6. The van der Waals surface area contributed by atoms with E-state index in [1.54, 1.807) is 39.8 Å². The number of nitrogens with zero attached hydrogens (tertiary/aromatic N) is 3. The molecule has 0 bridgehead atoms. The molecule has 6 rings (SSSR count). The SMILES string of the molecule is CCn1c(C(=O)N2CCC[C@@H](c3cc4c(C(N)=O)c(-c5ccc(F)cc5)oc4cc3N(C)S(C)(=O)=O)C2)cc2c(F)cccc21. The molecule has 9 nitrogen and oxygen atoms in total. The van der Waals surface area contributed by atoms with Crippen LogP contribution in [0.1, 0.15) is 52.1 Å². The van der Waals surface area contributed by atoms with Crippen LogP contribution in [0.15, 0.2) is 65.1 Å². The van der Waals surface area contributed by atoms with Gasteiger partial charge in [0, 0.05) is 55.0 Å². The number of sulfonamides is 1. The molecular formula is C33H32F2N4O5S. The van der Waals surface area contributed by atoms with Crippen LogP contribution in [0.5, 0.6) is 0 Å². The quantitative estimate of drug-likeness (QED) is 0.240. The number of likely N-dealkylation sites (tertiary alicyclic amines) is 1. The van der Waals surface area contributed by atoms with Crippen molar-refractivity contribution < 1.29 is 31.2 Å². The number of benzene rings is 3. The number of hydrogen-bond acceptors (Lipinski definition) is 5. The van der Waals surface area contributed by atoms with E-state index in [9.17, 15) is 26.8 Å². The number of piperidine rings is 1. The molecule has 234 valence electrons. The number of carbonyl (C=O) groups excluding carboxylic acids is 2. The number of aryl methyl sites for hydroxylation is 1. The number of primary amides is 1. The lowest BCUT2D eigenvalue weighted by Crippen LogP contribution is -2.40. The Hall–Kier alpha value is -4.71. The van der Waals surface area contributed by atoms with Crippen LogP contribution in [-0.2, 0) is 16.6 Å². The molecular weight excluding hydrogens is 602 g/mol. The number of nitrogens with two attached hydrogens (primary N) is 1. The van der Waals surface area contributed by atoms with Gasteiger partial charge in [0.15, 0.2) is 0 Å².